The number of hydrogen-bond acceptors (Lipinski definition) is 6. The van der Waals surface area contributed by atoms with Crippen molar-refractivity contribution in [3.8, 4) is 0 Å². The van der Waals surface area contributed by atoms with Crippen molar-refractivity contribution in [2.75, 3.05) is 0 Å². The summed E-state index contributed by atoms with van der Waals surface area (Å²) in [5, 5.41) is 31.7. The van der Waals surface area contributed by atoms with Gasteiger partial charge in [0.15, 0.2) is 0 Å². The summed E-state index contributed by atoms with van der Waals surface area (Å²) in [4.78, 5) is 0. The standard InChI is InChI=1S/C40H54F12O6/c1-21(2)24-18-22-17-23(28(3,4)56-33(13,14)35(54,37(41,42)43)38(44,45)46)19-26(25(22)20-27(24)30(7,8)57-32(11,12)31(9,10)53)29(5,6)58-34(15,16)36(55,39(47,48)49)40(50,51)52/h17-20,53-55H,1H2,2-16H3. The van der Waals surface area contributed by atoms with Gasteiger partial charge in [-0.2, -0.15) is 52.7 Å². The van der Waals surface area contributed by atoms with Crippen molar-refractivity contribution in [2.45, 2.75) is 179 Å². The van der Waals surface area contributed by atoms with E-state index in [0.29, 0.717) is 44.4 Å². The van der Waals surface area contributed by atoms with Crippen LogP contribution in [0.1, 0.15) is 126 Å². The second-order valence-electron chi connectivity index (χ2n) is 18.3. The van der Waals surface area contributed by atoms with Crippen molar-refractivity contribution in [1.82, 2.24) is 0 Å². The summed E-state index contributed by atoms with van der Waals surface area (Å²) in [5.41, 5.74) is -26.0. The molecule has 0 unspecified atom stereocenters. The molecule has 0 saturated heterocycles. The van der Waals surface area contributed by atoms with Gasteiger partial charge in [-0.15, -0.1) is 0 Å². The molecule has 0 saturated carbocycles. The Kier molecular flexibility index (Phi) is 12.9. The molecule has 18 heteroatoms. The zero-order chi connectivity index (χ0) is 46.5. The van der Waals surface area contributed by atoms with Crippen LogP contribution < -0.4 is 0 Å². The van der Waals surface area contributed by atoms with Crippen LogP contribution in [0.4, 0.5) is 52.7 Å². The molecule has 0 heterocycles. The number of hydrogen-bond donors (Lipinski definition) is 3. The molecule has 0 aliphatic rings. The van der Waals surface area contributed by atoms with Crippen LogP contribution in [0.25, 0.3) is 16.3 Å². The highest BCUT2D eigenvalue weighted by Gasteiger charge is 2.79. The number of benzene rings is 2. The van der Waals surface area contributed by atoms with E-state index in [-0.39, 0.29) is 21.9 Å². The number of alkyl halides is 12. The quantitative estimate of drug-likeness (QED) is 0.174. The summed E-state index contributed by atoms with van der Waals surface area (Å²) in [7, 11) is 0. The number of halogens is 12. The first-order valence-corrected chi connectivity index (χ1v) is 17.8. The first kappa shape index (κ1) is 51.5. The van der Waals surface area contributed by atoms with Crippen molar-refractivity contribution >= 4 is 16.3 Å². The third-order valence-corrected chi connectivity index (χ3v) is 10.9. The highest BCUT2D eigenvalue weighted by Crippen LogP contribution is 2.55. The molecule has 0 spiro atoms. The molecule has 58 heavy (non-hydrogen) atoms. The average molecular weight is 859 g/mol. The number of rotatable bonds is 13. The van der Waals surface area contributed by atoms with Crippen LogP contribution in [0.5, 0.6) is 0 Å². The fourth-order valence-electron chi connectivity index (χ4n) is 7.15. The summed E-state index contributed by atoms with van der Waals surface area (Å²) < 4.78 is 187. The predicted molar refractivity (Wildman–Crippen MR) is 194 cm³/mol. The summed E-state index contributed by atoms with van der Waals surface area (Å²) in [5.74, 6) is 0. The summed E-state index contributed by atoms with van der Waals surface area (Å²) in [6.45, 7) is 20.6. The lowest BCUT2D eigenvalue weighted by molar-refractivity contribution is -0.421. The van der Waals surface area contributed by atoms with E-state index in [0.717, 1.165) is 33.8 Å². The highest BCUT2D eigenvalue weighted by molar-refractivity contribution is 5.91. The molecule has 2 aromatic rings. The van der Waals surface area contributed by atoms with Gasteiger partial charge in [0.1, 0.15) is 11.2 Å². The second-order valence-corrected chi connectivity index (χ2v) is 18.3. The smallest absolute Gasteiger partial charge is 0.387 e. The summed E-state index contributed by atoms with van der Waals surface area (Å²) in [6.07, 6.45) is -25.3. The van der Waals surface area contributed by atoms with Gasteiger partial charge in [0.25, 0.3) is 11.2 Å². The maximum atomic E-state index is 14.2. The largest absolute Gasteiger partial charge is 0.429 e. The van der Waals surface area contributed by atoms with E-state index in [9.17, 15) is 68.0 Å². The number of allylic oxidation sites excluding steroid dienone is 1. The molecular formula is C40H54F12O6. The van der Waals surface area contributed by atoms with Crippen LogP contribution in [0.2, 0.25) is 0 Å². The molecule has 0 atom stereocenters. The van der Waals surface area contributed by atoms with Gasteiger partial charge in [0.2, 0.25) is 0 Å². The van der Waals surface area contributed by atoms with E-state index in [4.69, 9.17) is 14.2 Å². The van der Waals surface area contributed by atoms with E-state index < -0.39 is 75.1 Å². The van der Waals surface area contributed by atoms with Crippen LogP contribution in [0.3, 0.4) is 0 Å². The fourth-order valence-corrected chi connectivity index (χ4v) is 7.15. The van der Waals surface area contributed by atoms with Gasteiger partial charge in [-0.25, -0.2) is 0 Å². The predicted octanol–water partition coefficient (Wildman–Crippen LogP) is 11.4. The lowest BCUT2D eigenvalue weighted by Crippen LogP contribution is -2.70. The van der Waals surface area contributed by atoms with Crippen LogP contribution in [-0.2, 0) is 31.0 Å². The van der Waals surface area contributed by atoms with E-state index in [1.54, 1.807) is 34.6 Å². The Labute approximate surface area is 330 Å². The van der Waals surface area contributed by atoms with Crippen LogP contribution in [0.15, 0.2) is 30.8 Å². The van der Waals surface area contributed by atoms with E-state index in [1.807, 2.05) is 0 Å². The minimum Gasteiger partial charge on any atom is -0.387 e. The van der Waals surface area contributed by atoms with Crippen molar-refractivity contribution in [3.63, 3.8) is 0 Å². The average Bonchev–Trinajstić information content (AvgIpc) is 2.94. The first-order valence-electron chi connectivity index (χ1n) is 17.8. The van der Waals surface area contributed by atoms with Gasteiger partial charge in [-0.3, -0.25) is 0 Å². The Morgan fingerprint density at radius 1 is 0.466 bits per heavy atom. The van der Waals surface area contributed by atoms with Gasteiger partial charge in [0, 0.05) is 0 Å². The zero-order valence-corrected chi connectivity index (χ0v) is 35.1. The zero-order valence-electron chi connectivity index (χ0n) is 35.1. The number of ether oxygens (including phenoxy) is 3. The summed E-state index contributed by atoms with van der Waals surface area (Å²) in [6, 6.07) is 5.26. The Morgan fingerprint density at radius 3 is 1.12 bits per heavy atom. The van der Waals surface area contributed by atoms with Crippen molar-refractivity contribution < 1.29 is 82.2 Å². The molecule has 6 nitrogen and oxygen atoms in total. The van der Waals surface area contributed by atoms with Gasteiger partial charge < -0.3 is 29.5 Å². The van der Waals surface area contributed by atoms with Gasteiger partial charge >= 0.3 is 24.7 Å². The fraction of sp³-hybridized carbons (Fsp3) is 0.700. The molecular weight excluding hydrogens is 804 g/mol. The number of fused-ring (bicyclic) bond motifs is 1. The van der Waals surface area contributed by atoms with E-state index in [1.165, 1.54) is 32.0 Å². The van der Waals surface area contributed by atoms with Gasteiger partial charge in [0.05, 0.1) is 28.0 Å². The topological polar surface area (TPSA) is 88.4 Å². The van der Waals surface area contributed by atoms with Crippen molar-refractivity contribution in [1.29, 1.82) is 0 Å². The molecule has 3 N–H and O–H groups in total. The summed E-state index contributed by atoms with van der Waals surface area (Å²) >= 11 is 0. The molecule has 0 aliphatic heterocycles. The Morgan fingerprint density at radius 2 is 0.793 bits per heavy atom. The molecule has 2 rings (SSSR count). The van der Waals surface area contributed by atoms with E-state index >= 15 is 0 Å². The lowest BCUT2D eigenvalue weighted by Gasteiger charge is -2.48. The molecule has 0 bridgehead atoms. The minimum atomic E-state index is -6.35. The Bertz CT molecular complexity index is 1830. The second kappa shape index (κ2) is 14.5. The minimum absolute atomic E-state index is 0.0435. The molecule has 2 aromatic carbocycles. The van der Waals surface area contributed by atoms with Crippen LogP contribution in [-0.4, -0.2) is 73.6 Å². The molecule has 0 amide bonds. The van der Waals surface area contributed by atoms with Crippen LogP contribution in [0, 0.1) is 0 Å². The molecule has 0 aliphatic carbocycles. The van der Waals surface area contributed by atoms with E-state index in [2.05, 4.69) is 6.58 Å². The van der Waals surface area contributed by atoms with Crippen molar-refractivity contribution in [3.05, 3.63) is 53.1 Å². The lowest BCUT2D eigenvalue weighted by atomic mass is 9.79. The Balaban J connectivity index is 3.23. The highest BCUT2D eigenvalue weighted by atomic mass is 19.4. The molecule has 0 fully saturated rings. The molecule has 334 valence electrons. The molecule has 0 aromatic heterocycles. The normalized spacial score (nSPS) is 15.7. The van der Waals surface area contributed by atoms with Crippen LogP contribution >= 0.6 is 0 Å². The molecule has 0 radical (unpaired) electrons. The third kappa shape index (κ3) is 8.88. The Hall–Kier alpha value is -2.64. The number of aliphatic hydroxyl groups is 3. The monoisotopic (exact) mass is 858 g/mol. The SMILES string of the molecule is C=C(C)c1cc2cc(C(C)(C)OC(C)(C)C(O)(C(F)(F)F)C(F)(F)F)cc(C(C)(C)OC(C)(C)C(O)(C(F)(F)F)C(F)(F)F)c2cc1C(C)(C)OC(C)(C)C(C)(C)O. The maximum Gasteiger partial charge on any atom is 0.429 e. The third-order valence-electron chi connectivity index (χ3n) is 10.9. The maximum absolute atomic E-state index is 14.2. The van der Waals surface area contributed by atoms with Crippen molar-refractivity contribution in [2.24, 2.45) is 0 Å². The van der Waals surface area contributed by atoms with Gasteiger partial charge in [-0.05, 0) is 161 Å². The first-order chi connectivity index (χ1) is 25.0. The van der Waals surface area contributed by atoms with Gasteiger partial charge in [-0.1, -0.05) is 12.2 Å².